The average Bonchev–Trinajstić information content (AvgIpc) is 3.15. The molecular weight excluding hydrogens is 284 g/mol. The first kappa shape index (κ1) is 16.5. The molecule has 0 aromatic heterocycles. The van der Waals surface area contributed by atoms with Crippen LogP contribution >= 0.6 is 0 Å². The Morgan fingerprint density at radius 3 is 2.48 bits per heavy atom. The Morgan fingerprint density at radius 2 is 1.87 bits per heavy atom. The molecule has 3 unspecified atom stereocenters. The normalized spacial score (nSPS) is 26.0. The summed E-state index contributed by atoms with van der Waals surface area (Å²) in [6.45, 7) is 2.49. The van der Waals surface area contributed by atoms with E-state index in [1.165, 1.54) is 31.2 Å². The van der Waals surface area contributed by atoms with Gasteiger partial charge in [-0.15, -0.1) is 0 Å². The van der Waals surface area contributed by atoms with E-state index in [0.717, 1.165) is 37.9 Å². The lowest BCUT2D eigenvalue weighted by Crippen LogP contribution is -2.37. The van der Waals surface area contributed by atoms with Crippen molar-refractivity contribution in [3.8, 4) is 0 Å². The number of fused-ring (bicyclic) bond motifs is 2. The van der Waals surface area contributed by atoms with Gasteiger partial charge in [0, 0.05) is 26.1 Å². The van der Waals surface area contributed by atoms with E-state index in [1.807, 2.05) is 6.07 Å². The van der Waals surface area contributed by atoms with Gasteiger partial charge >= 0.3 is 0 Å². The SMILES string of the molecule is CN(C)CCN(Cc1ccccc1)C(=O)CC1CC2CCC1C2. The van der Waals surface area contributed by atoms with Crippen LogP contribution in [-0.2, 0) is 11.3 Å². The van der Waals surface area contributed by atoms with Gasteiger partial charge in [-0.3, -0.25) is 4.79 Å². The summed E-state index contributed by atoms with van der Waals surface area (Å²) in [6.07, 6.45) is 6.21. The van der Waals surface area contributed by atoms with Crippen LogP contribution in [0.2, 0.25) is 0 Å². The molecule has 1 aromatic carbocycles. The number of hydrogen-bond donors (Lipinski definition) is 0. The molecular formula is C20H30N2O. The fraction of sp³-hybridized carbons (Fsp3) is 0.650. The zero-order valence-electron chi connectivity index (χ0n) is 14.6. The number of rotatable bonds is 7. The van der Waals surface area contributed by atoms with Gasteiger partial charge in [0.05, 0.1) is 0 Å². The minimum atomic E-state index is 0.355. The van der Waals surface area contributed by atoms with E-state index >= 15 is 0 Å². The van der Waals surface area contributed by atoms with Gasteiger partial charge in [-0.05, 0) is 56.7 Å². The van der Waals surface area contributed by atoms with Crippen LogP contribution in [-0.4, -0.2) is 42.9 Å². The Labute approximate surface area is 140 Å². The van der Waals surface area contributed by atoms with E-state index in [0.29, 0.717) is 11.8 Å². The van der Waals surface area contributed by atoms with E-state index in [4.69, 9.17) is 0 Å². The molecule has 0 radical (unpaired) electrons. The number of amides is 1. The standard InChI is InChI=1S/C20H30N2O/c1-21(2)10-11-22(15-16-6-4-3-5-7-16)20(23)14-19-13-17-8-9-18(19)12-17/h3-7,17-19H,8-15H2,1-2H3. The zero-order chi connectivity index (χ0) is 16.2. The molecule has 0 N–H and O–H groups in total. The van der Waals surface area contributed by atoms with E-state index in [1.54, 1.807) is 0 Å². The van der Waals surface area contributed by atoms with Crippen molar-refractivity contribution in [1.29, 1.82) is 0 Å². The second kappa shape index (κ2) is 7.48. The lowest BCUT2D eigenvalue weighted by molar-refractivity contribution is -0.133. The fourth-order valence-electron chi connectivity index (χ4n) is 4.40. The first-order valence-electron chi connectivity index (χ1n) is 9.08. The van der Waals surface area contributed by atoms with Gasteiger partial charge in [0.15, 0.2) is 0 Å². The molecule has 2 fully saturated rings. The van der Waals surface area contributed by atoms with Crippen LogP contribution in [0.25, 0.3) is 0 Å². The van der Waals surface area contributed by atoms with Crippen LogP contribution in [0, 0.1) is 17.8 Å². The minimum absolute atomic E-state index is 0.355. The Bertz CT molecular complexity index is 514. The first-order valence-corrected chi connectivity index (χ1v) is 9.08. The quantitative estimate of drug-likeness (QED) is 0.770. The Morgan fingerprint density at radius 1 is 1.09 bits per heavy atom. The lowest BCUT2D eigenvalue weighted by atomic mass is 9.86. The highest BCUT2D eigenvalue weighted by atomic mass is 16.2. The summed E-state index contributed by atoms with van der Waals surface area (Å²) in [4.78, 5) is 17.1. The summed E-state index contributed by atoms with van der Waals surface area (Å²) >= 11 is 0. The molecule has 1 amide bonds. The maximum Gasteiger partial charge on any atom is 0.223 e. The first-order chi connectivity index (χ1) is 11.1. The number of likely N-dealkylation sites (N-methyl/N-ethyl adjacent to an activating group) is 1. The van der Waals surface area contributed by atoms with Crippen LogP contribution < -0.4 is 0 Å². The second-order valence-electron chi connectivity index (χ2n) is 7.74. The van der Waals surface area contributed by atoms with Crippen molar-refractivity contribution in [2.75, 3.05) is 27.2 Å². The molecule has 126 valence electrons. The molecule has 3 rings (SSSR count). The topological polar surface area (TPSA) is 23.6 Å². The minimum Gasteiger partial charge on any atom is -0.337 e. The van der Waals surface area contributed by atoms with Crippen molar-refractivity contribution in [3.05, 3.63) is 35.9 Å². The Hall–Kier alpha value is -1.35. The van der Waals surface area contributed by atoms with Gasteiger partial charge in [-0.1, -0.05) is 36.8 Å². The lowest BCUT2D eigenvalue weighted by Gasteiger charge is -2.28. The zero-order valence-corrected chi connectivity index (χ0v) is 14.6. The number of hydrogen-bond acceptors (Lipinski definition) is 2. The largest absolute Gasteiger partial charge is 0.337 e. The molecule has 3 nitrogen and oxygen atoms in total. The summed E-state index contributed by atoms with van der Waals surface area (Å²) in [5.41, 5.74) is 1.23. The third-order valence-electron chi connectivity index (χ3n) is 5.71. The van der Waals surface area contributed by atoms with E-state index in [2.05, 4.69) is 48.2 Å². The predicted octanol–water partition coefficient (Wildman–Crippen LogP) is 3.40. The molecule has 23 heavy (non-hydrogen) atoms. The van der Waals surface area contributed by atoms with Crippen molar-refractivity contribution < 1.29 is 4.79 Å². The van der Waals surface area contributed by atoms with Crippen molar-refractivity contribution in [2.45, 2.75) is 38.6 Å². The summed E-state index contributed by atoms with van der Waals surface area (Å²) in [7, 11) is 4.14. The molecule has 2 aliphatic rings. The maximum atomic E-state index is 12.9. The molecule has 3 atom stereocenters. The van der Waals surface area contributed by atoms with E-state index in [-0.39, 0.29) is 0 Å². The Balaban J connectivity index is 1.60. The highest BCUT2D eigenvalue weighted by Crippen LogP contribution is 2.49. The molecule has 0 spiro atoms. The third-order valence-corrected chi connectivity index (χ3v) is 5.71. The molecule has 0 heterocycles. The number of benzene rings is 1. The predicted molar refractivity (Wildman–Crippen MR) is 94.0 cm³/mol. The van der Waals surface area contributed by atoms with Crippen LogP contribution in [0.4, 0.5) is 0 Å². The van der Waals surface area contributed by atoms with E-state index < -0.39 is 0 Å². The van der Waals surface area contributed by atoms with Crippen LogP contribution in [0.5, 0.6) is 0 Å². The van der Waals surface area contributed by atoms with Crippen molar-refractivity contribution in [1.82, 2.24) is 9.80 Å². The highest BCUT2D eigenvalue weighted by Gasteiger charge is 2.40. The number of carbonyl (C=O) groups excluding carboxylic acids is 1. The monoisotopic (exact) mass is 314 g/mol. The molecule has 2 bridgehead atoms. The smallest absolute Gasteiger partial charge is 0.223 e. The second-order valence-corrected chi connectivity index (χ2v) is 7.74. The summed E-state index contributed by atoms with van der Waals surface area (Å²) in [6, 6.07) is 10.4. The Kier molecular flexibility index (Phi) is 5.37. The van der Waals surface area contributed by atoms with Gasteiger partial charge in [0.2, 0.25) is 5.91 Å². The van der Waals surface area contributed by atoms with Gasteiger partial charge in [0.25, 0.3) is 0 Å². The van der Waals surface area contributed by atoms with Crippen molar-refractivity contribution in [3.63, 3.8) is 0 Å². The van der Waals surface area contributed by atoms with Crippen molar-refractivity contribution >= 4 is 5.91 Å². The number of carbonyl (C=O) groups is 1. The van der Waals surface area contributed by atoms with Gasteiger partial charge < -0.3 is 9.80 Å². The summed E-state index contributed by atoms with van der Waals surface area (Å²) < 4.78 is 0. The fourth-order valence-corrected chi connectivity index (χ4v) is 4.40. The van der Waals surface area contributed by atoms with Crippen LogP contribution in [0.1, 0.15) is 37.7 Å². The third kappa shape index (κ3) is 4.35. The molecule has 0 aliphatic heterocycles. The highest BCUT2D eigenvalue weighted by molar-refractivity contribution is 5.76. The van der Waals surface area contributed by atoms with Crippen LogP contribution in [0.15, 0.2) is 30.3 Å². The maximum absolute atomic E-state index is 12.9. The molecule has 0 saturated heterocycles. The van der Waals surface area contributed by atoms with Crippen LogP contribution in [0.3, 0.4) is 0 Å². The van der Waals surface area contributed by atoms with Gasteiger partial charge in [-0.2, -0.15) is 0 Å². The summed E-state index contributed by atoms with van der Waals surface area (Å²) in [5, 5.41) is 0. The average molecular weight is 314 g/mol. The summed E-state index contributed by atoms with van der Waals surface area (Å²) in [5.74, 6) is 2.76. The van der Waals surface area contributed by atoms with E-state index in [9.17, 15) is 4.79 Å². The van der Waals surface area contributed by atoms with Crippen molar-refractivity contribution in [2.24, 2.45) is 17.8 Å². The number of nitrogens with zero attached hydrogens (tertiary/aromatic N) is 2. The molecule has 1 aromatic rings. The van der Waals surface area contributed by atoms with Gasteiger partial charge in [0.1, 0.15) is 0 Å². The molecule has 3 heteroatoms. The molecule has 2 saturated carbocycles. The molecule has 2 aliphatic carbocycles. The van der Waals surface area contributed by atoms with Gasteiger partial charge in [-0.25, -0.2) is 0 Å².